The molecular weight excluding hydrogens is 525 g/mol. The molecule has 2 aromatic carbocycles. The average Bonchev–Trinajstić information content (AvgIpc) is 3.52. The van der Waals surface area contributed by atoms with Gasteiger partial charge in [-0.2, -0.15) is 5.10 Å². The van der Waals surface area contributed by atoms with Crippen LogP contribution in [0.4, 0.5) is 0 Å². The van der Waals surface area contributed by atoms with Gasteiger partial charge in [0.1, 0.15) is 12.7 Å². The molecule has 1 atom stereocenters. The van der Waals surface area contributed by atoms with Gasteiger partial charge in [-0.25, -0.2) is 9.67 Å². The third-order valence-corrected chi connectivity index (χ3v) is 6.17. The molecule has 8 heteroatoms. The molecule has 1 unspecified atom stereocenters. The standard InChI is InChI=1S/C25H33N7.HI/c1-3-31-14-6-8-23(31)16-29-25(26-2)28-15-22-7-4-5-9-24(22)21-12-10-20(11-13-21)17-32-19-27-18-30-32;/h4-5,7,9-13,18-19,23H,3,6,8,14-17H2,1-2H3,(H2,26,28,29);1H. The smallest absolute Gasteiger partial charge is 0.191 e. The van der Waals surface area contributed by atoms with Crippen molar-refractivity contribution in [2.75, 3.05) is 26.7 Å². The highest BCUT2D eigenvalue weighted by Gasteiger charge is 2.22. The SMILES string of the molecule is CCN1CCCC1CNC(=NC)NCc1ccccc1-c1ccc(Cn2cncn2)cc1.I. The summed E-state index contributed by atoms with van der Waals surface area (Å²) < 4.78 is 1.83. The highest BCUT2D eigenvalue weighted by Crippen LogP contribution is 2.24. The van der Waals surface area contributed by atoms with Gasteiger partial charge in [-0.3, -0.25) is 9.89 Å². The number of likely N-dealkylation sites (N-methyl/N-ethyl adjacent to an activating group) is 1. The van der Waals surface area contributed by atoms with E-state index in [2.05, 4.69) is 86.1 Å². The van der Waals surface area contributed by atoms with Crippen LogP contribution in [0.15, 0.2) is 66.2 Å². The molecule has 0 radical (unpaired) electrons. The molecule has 1 fully saturated rings. The zero-order chi connectivity index (χ0) is 22.2. The maximum atomic E-state index is 4.43. The fourth-order valence-electron chi connectivity index (χ4n) is 4.40. The topological polar surface area (TPSA) is 70.4 Å². The summed E-state index contributed by atoms with van der Waals surface area (Å²) >= 11 is 0. The van der Waals surface area contributed by atoms with Crippen LogP contribution in [-0.2, 0) is 13.1 Å². The Morgan fingerprint density at radius 3 is 2.67 bits per heavy atom. The van der Waals surface area contributed by atoms with Crippen molar-refractivity contribution in [3.05, 3.63) is 72.3 Å². The first kappa shape index (κ1) is 25.2. The Morgan fingerprint density at radius 1 is 1.12 bits per heavy atom. The largest absolute Gasteiger partial charge is 0.355 e. The van der Waals surface area contributed by atoms with Crippen LogP contribution < -0.4 is 10.6 Å². The number of nitrogens with one attached hydrogen (secondary N) is 2. The van der Waals surface area contributed by atoms with Gasteiger partial charge in [0.25, 0.3) is 0 Å². The summed E-state index contributed by atoms with van der Waals surface area (Å²) in [5, 5.41) is 11.2. The number of aliphatic imine (C=N–C) groups is 1. The van der Waals surface area contributed by atoms with Crippen molar-refractivity contribution >= 4 is 29.9 Å². The van der Waals surface area contributed by atoms with Crippen molar-refractivity contribution in [2.24, 2.45) is 4.99 Å². The predicted octanol–water partition coefficient (Wildman–Crippen LogP) is 3.76. The molecule has 1 aliphatic heterocycles. The Labute approximate surface area is 213 Å². The summed E-state index contributed by atoms with van der Waals surface area (Å²) in [6.45, 7) is 6.94. The van der Waals surface area contributed by atoms with Crippen LogP contribution in [0, 0.1) is 0 Å². The van der Waals surface area contributed by atoms with Gasteiger partial charge in [-0.05, 0) is 48.2 Å². The highest BCUT2D eigenvalue weighted by molar-refractivity contribution is 14.0. The Hall–Kier alpha value is -2.46. The Kier molecular flexibility index (Phi) is 9.68. The first-order chi connectivity index (χ1) is 15.8. The molecule has 2 N–H and O–H groups in total. The van der Waals surface area contributed by atoms with Crippen LogP contribution in [0.1, 0.15) is 30.9 Å². The molecule has 1 saturated heterocycles. The third kappa shape index (κ3) is 6.77. The van der Waals surface area contributed by atoms with E-state index in [9.17, 15) is 0 Å². The normalized spacial score (nSPS) is 16.4. The van der Waals surface area contributed by atoms with Gasteiger partial charge in [0.05, 0.1) is 6.54 Å². The lowest BCUT2D eigenvalue weighted by Crippen LogP contribution is -2.44. The first-order valence-corrected chi connectivity index (χ1v) is 11.4. The number of halogens is 1. The molecule has 7 nitrogen and oxygen atoms in total. The monoisotopic (exact) mass is 559 g/mol. The van der Waals surface area contributed by atoms with E-state index in [0.29, 0.717) is 6.04 Å². The van der Waals surface area contributed by atoms with Crippen molar-refractivity contribution in [1.82, 2.24) is 30.3 Å². The van der Waals surface area contributed by atoms with Crippen LogP contribution in [0.25, 0.3) is 11.1 Å². The zero-order valence-corrected chi connectivity index (χ0v) is 21.8. The lowest BCUT2D eigenvalue weighted by Gasteiger charge is -2.24. The maximum absolute atomic E-state index is 4.43. The molecule has 33 heavy (non-hydrogen) atoms. The van der Waals surface area contributed by atoms with E-state index in [1.54, 1.807) is 12.7 Å². The van der Waals surface area contributed by atoms with E-state index in [0.717, 1.165) is 32.1 Å². The van der Waals surface area contributed by atoms with Crippen LogP contribution in [-0.4, -0.2) is 58.3 Å². The fourth-order valence-corrected chi connectivity index (χ4v) is 4.40. The number of hydrogen-bond acceptors (Lipinski definition) is 4. The Balaban J connectivity index is 0.00000306. The molecule has 0 saturated carbocycles. The third-order valence-electron chi connectivity index (χ3n) is 6.17. The molecule has 0 bridgehead atoms. The van der Waals surface area contributed by atoms with Crippen LogP contribution in [0.5, 0.6) is 0 Å². The summed E-state index contributed by atoms with van der Waals surface area (Å²) in [4.78, 5) is 11.0. The Bertz CT molecular complexity index is 1000. The number of aromatic nitrogens is 3. The second kappa shape index (κ2) is 12.7. The van der Waals surface area contributed by atoms with E-state index < -0.39 is 0 Å². The summed E-state index contributed by atoms with van der Waals surface area (Å²) in [6, 6.07) is 17.8. The van der Waals surface area contributed by atoms with Gasteiger partial charge in [0, 0.05) is 26.2 Å². The van der Waals surface area contributed by atoms with E-state index >= 15 is 0 Å². The summed E-state index contributed by atoms with van der Waals surface area (Å²) in [7, 11) is 1.83. The molecule has 3 aromatic rings. The first-order valence-electron chi connectivity index (χ1n) is 11.4. The molecule has 4 rings (SSSR count). The molecular formula is C25H34IN7. The number of benzene rings is 2. The van der Waals surface area contributed by atoms with Crippen LogP contribution in [0.3, 0.4) is 0 Å². The number of hydrogen-bond donors (Lipinski definition) is 2. The van der Waals surface area contributed by atoms with Crippen molar-refractivity contribution in [1.29, 1.82) is 0 Å². The number of guanidine groups is 1. The second-order valence-electron chi connectivity index (χ2n) is 8.18. The lowest BCUT2D eigenvalue weighted by atomic mass is 9.98. The second-order valence-corrected chi connectivity index (χ2v) is 8.18. The van der Waals surface area contributed by atoms with E-state index in [4.69, 9.17) is 0 Å². The van der Waals surface area contributed by atoms with E-state index in [-0.39, 0.29) is 24.0 Å². The summed E-state index contributed by atoms with van der Waals surface area (Å²) in [6.07, 6.45) is 5.85. The summed E-state index contributed by atoms with van der Waals surface area (Å²) in [5.41, 5.74) is 4.89. The van der Waals surface area contributed by atoms with Gasteiger partial charge in [-0.15, -0.1) is 24.0 Å². The molecule has 176 valence electrons. The van der Waals surface area contributed by atoms with Gasteiger partial charge in [0.2, 0.25) is 0 Å². The molecule has 0 spiro atoms. The number of likely N-dealkylation sites (tertiary alicyclic amines) is 1. The van der Waals surface area contributed by atoms with Crippen molar-refractivity contribution in [3.63, 3.8) is 0 Å². The van der Waals surface area contributed by atoms with Gasteiger partial charge in [0.15, 0.2) is 5.96 Å². The molecule has 0 aliphatic carbocycles. The van der Waals surface area contributed by atoms with E-state index in [1.807, 2.05) is 11.7 Å². The minimum absolute atomic E-state index is 0. The minimum Gasteiger partial charge on any atom is -0.355 e. The number of nitrogens with zero attached hydrogens (tertiary/aromatic N) is 5. The molecule has 1 aromatic heterocycles. The quantitative estimate of drug-likeness (QED) is 0.250. The number of rotatable bonds is 8. The predicted molar refractivity (Wildman–Crippen MR) is 145 cm³/mol. The van der Waals surface area contributed by atoms with Crippen molar-refractivity contribution < 1.29 is 0 Å². The lowest BCUT2D eigenvalue weighted by molar-refractivity contribution is 0.267. The van der Waals surface area contributed by atoms with Gasteiger partial charge in [-0.1, -0.05) is 55.5 Å². The zero-order valence-electron chi connectivity index (χ0n) is 19.4. The Morgan fingerprint density at radius 2 is 1.94 bits per heavy atom. The van der Waals surface area contributed by atoms with Crippen LogP contribution >= 0.6 is 24.0 Å². The van der Waals surface area contributed by atoms with E-state index in [1.165, 1.54) is 41.6 Å². The molecule has 2 heterocycles. The highest BCUT2D eigenvalue weighted by atomic mass is 127. The summed E-state index contributed by atoms with van der Waals surface area (Å²) in [5.74, 6) is 0.853. The van der Waals surface area contributed by atoms with Crippen molar-refractivity contribution in [3.8, 4) is 11.1 Å². The minimum atomic E-state index is 0. The fraction of sp³-hybridized carbons (Fsp3) is 0.400. The van der Waals surface area contributed by atoms with Gasteiger partial charge < -0.3 is 10.6 Å². The molecule has 1 aliphatic rings. The van der Waals surface area contributed by atoms with Gasteiger partial charge >= 0.3 is 0 Å². The molecule has 0 amide bonds. The maximum Gasteiger partial charge on any atom is 0.191 e. The van der Waals surface area contributed by atoms with Crippen molar-refractivity contribution in [2.45, 2.75) is 38.9 Å². The van der Waals surface area contributed by atoms with Crippen LogP contribution in [0.2, 0.25) is 0 Å². The average molecular weight is 560 g/mol.